The molecule has 0 saturated carbocycles. The summed E-state index contributed by atoms with van der Waals surface area (Å²) in [5.41, 5.74) is 3.40. The van der Waals surface area contributed by atoms with Crippen LogP contribution in [0.1, 0.15) is 25.3 Å². The van der Waals surface area contributed by atoms with Crippen molar-refractivity contribution in [1.82, 2.24) is 9.97 Å². The van der Waals surface area contributed by atoms with Crippen molar-refractivity contribution in [3.8, 4) is 17.4 Å². The van der Waals surface area contributed by atoms with Gasteiger partial charge in [-0.15, -0.1) is 0 Å². The zero-order chi connectivity index (χ0) is 14.5. The molecular weight excluding hydrogens is 256 g/mol. The van der Waals surface area contributed by atoms with Crippen molar-refractivity contribution in [1.29, 1.82) is 0 Å². The van der Waals surface area contributed by atoms with Gasteiger partial charge < -0.3 is 14.9 Å². The van der Waals surface area contributed by atoms with Crippen LogP contribution in [-0.4, -0.2) is 17.1 Å². The number of nitrogen functional groups attached to an aromatic ring is 1. The molecule has 2 aromatic rings. The highest BCUT2D eigenvalue weighted by Gasteiger charge is 2.16. The van der Waals surface area contributed by atoms with Crippen molar-refractivity contribution in [2.45, 2.75) is 19.8 Å². The van der Waals surface area contributed by atoms with Crippen LogP contribution in [0, 0.1) is 0 Å². The SMILES string of the molecule is COc1cccc(Oc2ncnc(NN)c2C(C)C)c1. The van der Waals surface area contributed by atoms with Gasteiger partial charge in [0.05, 0.1) is 12.7 Å². The van der Waals surface area contributed by atoms with Gasteiger partial charge in [-0.3, -0.25) is 0 Å². The molecule has 20 heavy (non-hydrogen) atoms. The Kier molecular flexibility index (Phi) is 4.37. The Balaban J connectivity index is 2.37. The third-order valence-corrected chi connectivity index (χ3v) is 2.82. The van der Waals surface area contributed by atoms with E-state index in [-0.39, 0.29) is 5.92 Å². The van der Waals surface area contributed by atoms with Gasteiger partial charge in [0, 0.05) is 6.07 Å². The second-order valence-electron chi connectivity index (χ2n) is 4.52. The molecule has 0 amide bonds. The number of methoxy groups -OCH3 is 1. The van der Waals surface area contributed by atoms with Crippen LogP contribution in [-0.2, 0) is 0 Å². The number of ether oxygens (including phenoxy) is 2. The monoisotopic (exact) mass is 274 g/mol. The highest BCUT2D eigenvalue weighted by atomic mass is 16.5. The molecule has 0 fully saturated rings. The lowest BCUT2D eigenvalue weighted by Gasteiger charge is -2.15. The summed E-state index contributed by atoms with van der Waals surface area (Å²) in [4.78, 5) is 8.29. The Morgan fingerprint density at radius 1 is 1.20 bits per heavy atom. The minimum absolute atomic E-state index is 0.169. The first-order chi connectivity index (χ1) is 9.65. The zero-order valence-corrected chi connectivity index (χ0v) is 11.8. The summed E-state index contributed by atoms with van der Waals surface area (Å²) < 4.78 is 11.0. The third-order valence-electron chi connectivity index (χ3n) is 2.82. The molecule has 0 bridgehead atoms. The van der Waals surface area contributed by atoms with Crippen molar-refractivity contribution >= 4 is 5.82 Å². The van der Waals surface area contributed by atoms with E-state index in [2.05, 4.69) is 15.4 Å². The van der Waals surface area contributed by atoms with Gasteiger partial charge in [-0.25, -0.2) is 15.8 Å². The molecule has 1 aromatic heterocycles. The molecule has 0 aliphatic rings. The quantitative estimate of drug-likeness (QED) is 0.644. The lowest BCUT2D eigenvalue weighted by molar-refractivity contribution is 0.406. The van der Waals surface area contributed by atoms with E-state index in [1.807, 2.05) is 32.0 Å². The molecule has 6 nitrogen and oxygen atoms in total. The lowest BCUT2D eigenvalue weighted by atomic mass is 10.1. The summed E-state index contributed by atoms with van der Waals surface area (Å²) in [6, 6.07) is 7.33. The normalized spacial score (nSPS) is 10.4. The summed E-state index contributed by atoms with van der Waals surface area (Å²) in [5, 5.41) is 0. The van der Waals surface area contributed by atoms with Crippen LogP contribution in [0.15, 0.2) is 30.6 Å². The molecule has 106 valence electrons. The number of nitrogens with zero attached hydrogens (tertiary/aromatic N) is 2. The highest BCUT2D eigenvalue weighted by molar-refractivity contribution is 5.51. The molecule has 0 unspecified atom stereocenters. The Morgan fingerprint density at radius 2 is 1.95 bits per heavy atom. The van der Waals surface area contributed by atoms with Crippen molar-refractivity contribution in [2.75, 3.05) is 12.5 Å². The number of aromatic nitrogens is 2. The first kappa shape index (κ1) is 14.1. The van der Waals surface area contributed by atoms with Crippen molar-refractivity contribution in [3.05, 3.63) is 36.2 Å². The largest absolute Gasteiger partial charge is 0.497 e. The van der Waals surface area contributed by atoms with Crippen molar-refractivity contribution < 1.29 is 9.47 Å². The molecule has 3 N–H and O–H groups in total. The van der Waals surface area contributed by atoms with Crippen LogP contribution in [0.5, 0.6) is 17.4 Å². The van der Waals surface area contributed by atoms with E-state index in [1.165, 1.54) is 6.33 Å². The van der Waals surface area contributed by atoms with Gasteiger partial charge in [-0.1, -0.05) is 19.9 Å². The van der Waals surface area contributed by atoms with E-state index in [0.717, 1.165) is 11.3 Å². The number of nitrogens with two attached hydrogens (primary N) is 1. The predicted octanol–water partition coefficient (Wildman–Crippen LogP) is 2.69. The fourth-order valence-corrected chi connectivity index (χ4v) is 1.87. The van der Waals surface area contributed by atoms with E-state index in [0.29, 0.717) is 17.4 Å². The Morgan fingerprint density at radius 3 is 2.60 bits per heavy atom. The van der Waals surface area contributed by atoms with Crippen LogP contribution >= 0.6 is 0 Å². The maximum Gasteiger partial charge on any atom is 0.227 e. The predicted molar refractivity (Wildman–Crippen MR) is 77.0 cm³/mol. The number of rotatable bonds is 5. The summed E-state index contributed by atoms with van der Waals surface area (Å²) in [7, 11) is 1.61. The third kappa shape index (κ3) is 2.97. The maximum absolute atomic E-state index is 5.83. The minimum Gasteiger partial charge on any atom is -0.497 e. The second kappa shape index (κ2) is 6.21. The summed E-state index contributed by atoms with van der Waals surface area (Å²) in [6.07, 6.45) is 1.41. The molecule has 0 atom stereocenters. The van der Waals surface area contributed by atoms with Crippen LogP contribution in [0.3, 0.4) is 0 Å². The fourth-order valence-electron chi connectivity index (χ4n) is 1.87. The summed E-state index contributed by atoms with van der Waals surface area (Å²) in [6.45, 7) is 4.05. The summed E-state index contributed by atoms with van der Waals surface area (Å²) >= 11 is 0. The van der Waals surface area contributed by atoms with E-state index in [1.54, 1.807) is 13.2 Å². The molecule has 0 saturated heterocycles. The first-order valence-corrected chi connectivity index (χ1v) is 6.29. The molecule has 6 heteroatoms. The molecule has 0 aliphatic carbocycles. The topological polar surface area (TPSA) is 82.3 Å². The van der Waals surface area contributed by atoms with Gasteiger partial charge in [0.15, 0.2) is 5.82 Å². The minimum atomic E-state index is 0.169. The smallest absolute Gasteiger partial charge is 0.227 e. The van der Waals surface area contributed by atoms with Crippen molar-refractivity contribution in [3.63, 3.8) is 0 Å². The summed E-state index contributed by atoms with van der Waals surface area (Å²) in [5.74, 6) is 8.06. The highest BCUT2D eigenvalue weighted by Crippen LogP contribution is 2.33. The number of nitrogens with one attached hydrogen (secondary N) is 1. The maximum atomic E-state index is 5.83. The second-order valence-corrected chi connectivity index (χ2v) is 4.52. The average molecular weight is 274 g/mol. The lowest BCUT2D eigenvalue weighted by Crippen LogP contribution is -2.13. The number of hydrogen-bond acceptors (Lipinski definition) is 6. The average Bonchev–Trinajstić information content (AvgIpc) is 2.46. The van der Waals surface area contributed by atoms with Crippen LogP contribution in [0.2, 0.25) is 0 Å². The molecule has 2 rings (SSSR count). The molecule has 1 aromatic carbocycles. The molecule has 0 radical (unpaired) electrons. The zero-order valence-electron chi connectivity index (χ0n) is 11.8. The van der Waals surface area contributed by atoms with E-state index < -0.39 is 0 Å². The van der Waals surface area contributed by atoms with Gasteiger partial charge in [-0.2, -0.15) is 0 Å². The van der Waals surface area contributed by atoms with E-state index in [9.17, 15) is 0 Å². The van der Waals surface area contributed by atoms with Gasteiger partial charge in [0.25, 0.3) is 0 Å². The number of hydrazine groups is 1. The van der Waals surface area contributed by atoms with Crippen LogP contribution < -0.4 is 20.7 Å². The van der Waals surface area contributed by atoms with Gasteiger partial charge in [0.2, 0.25) is 5.88 Å². The Bertz CT molecular complexity index is 587. The Labute approximate surface area is 117 Å². The van der Waals surface area contributed by atoms with E-state index in [4.69, 9.17) is 15.3 Å². The number of hydrogen-bond donors (Lipinski definition) is 2. The van der Waals surface area contributed by atoms with Gasteiger partial charge in [-0.05, 0) is 18.1 Å². The first-order valence-electron chi connectivity index (χ1n) is 6.29. The molecular formula is C14H18N4O2. The molecule has 0 spiro atoms. The van der Waals surface area contributed by atoms with Crippen molar-refractivity contribution in [2.24, 2.45) is 5.84 Å². The van der Waals surface area contributed by atoms with Gasteiger partial charge >= 0.3 is 0 Å². The van der Waals surface area contributed by atoms with Crippen LogP contribution in [0.4, 0.5) is 5.82 Å². The van der Waals surface area contributed by atoms with Gasteiger partial charge in [0.1, 0.15) is 17.8 Å². The number of anilines is 1. The van der Waals surface area contributed by atoms with E-state index >= 15 is 0 Å². The standard InChI is InChI=1S/C14H18N4O2/c1-9(2)12-13(18-15)16-8-17-14(12)20-11-6-4-5-10(7-11)19-3/h4-9H,15H2,1-3H3,(H,16,17,18). The Hall–Kier alpha value is -2.34. The molecule has 0 aliphatic heterocycles. The number of benzene rings is 1. The van der Waals surface area contributed by atoms with Crippen LogP contribution in [0.25, 0.3) is 0 Å². The fraction of sp³-hybridized carbons (Fsp3) is 0.286. The molecule has 1 heterocycles.